The highest BCUT2D eigenvalue weighted by atomic mass is 16.2. The van der Waals surface area contributed by atoms with Crippen LogP contribution in [-0.4, -0.2) is 66.1 Å². The molecule has 0 unspecified atom stereocenters. The lowest BCUT2D eigenvalue weighted by atomic mass is 10.00. The summed E-state index contributed by atoms with van der Waals surface area (Å²) in [7, 11) is 3.95. The van der Waals surface area contributed by atoms with Crippen molar-refractivity contribution in [1.82, 2.24) is 30.5 Å². The molecule has 1 atom stereocenters. The highest BCUT2D eigenvalue weighted by molar-refractivity contribution is 5.91. The van der Waals surface area contributed by atoms with E-state index in [2.05, 4.69) is 20.9 Å². The van der Waals surface area contributed by atoms with Gasteiger partial charge in [-0.1, -0.05) is 5.21 Å². The molecule has 1 aliphatic rings. The largest absolute Gasteiger partial charge is 0.349 e. The van der Waals surface area contributed by atoms with E-state index in [1.165, 1.54) is 12.8 Å². The summed E-state index contributed by atoms with van der Waals surface area (Å²) in [6.45, 7) is 4.38. The number of piperidine rings is 1. The molecule has 0 bridgehead atoms. The van der Waals surface area contributed by atoms with Gasteiger partial charge in [-0.15, -0.1) is 5.10 Å². The molecule has 20 heavy (non-hydrogen) atoms. The fourth-order valence-corrected chi connectivity index (χ4v) is 2.32. The molecule has 1 aromatic heterocycles. The van der Waals surface area contributed by atoms with Gasteiger partial charge >= 0.3 is 0 Å². The third kappa shape index (κ3) is 4.57. The van der Waals surface area contributed by atoms with Crippen LogP contribution < -0.4 is 10.6 Å². The Hall–Kier alpha value is -1.47. The Morgan fingerprint density at radius 2 is 2.45 bits per heavy atom. The number of nitrogens with one attached hydrogen (secondary N) is 2. The van der Waals surface area contributed by atoms with Gasteiger partial charge in [0.05, 0.1) is 6.20 Å². The molecule has 2 N–H and O–H groups in total. The minimum atomic E-state index is -0.153. The van der Waals surface area contributed by atoms with Gasteiger partial charge < -0.3 is 15.5 Å². The van der Waals surface area contributed by atoms with Crippen molar-refractivity contribution in [3.63, 3.8) is 0 Å². The van der Waals surface area contributed by atoms with E-state index in [0.29, 0.717) is 18.2 Å². The normalized spacial score (nSPS) is 19.2. The molecule has 1 fully saturated rings. The quantitative estimate of drug-likeness (QED) is 0.739. The van der Waals surface area contributed by atoms with E-state index >= 15 is 0 Å². The standard InChI is InChI=1S/C13H24N6O/c1-18(2)7-6-15-13(20)12-10-19(17-16-12)9-11-4-3-5-14-8-11/h10-11,14H,3-9H2,1-2H3,(H,15,20)/t11-/m0/s1. The lowest BCUT2D eigenvalue weighted by Gasteiger charge is -2.22. The van der Waals surface area contributed by atoms with Crippen molar-refractivity contribution in [2.75, 3.05) is 40.3 Å². The fraction of sp³-hybridized carbons (Fsp3) is 0.769. The molecule has 2 rings (SSSR count). The van der Waals surface area contributed by atoms with E-state index in [4.69, 9.17) is 0 Å². The van der Waals surface area contributed by atoms with E-state index in [-0.39, 0.29) is 5.91 Å². The predicted octanol–water partition coefficient (Wildman–Crippen LogP) is -0.431. The second-order valence-electron chi connectivity index (χ2n) is 5.60. The smallest absolute Gasteiger partial charge is 0.273 e. The molecule has 0 spiro atoms. The molecule has 1 aromatic rings. The van der Waals surface area contributed by atoms with Crippen molar-refractivity contribution >= 4 is 5.91 Å². The summed E-state index contributed by atoms with van der Waals surface area (Å²) < 4.78 is 1.78. The van der Waals surface area contributed by atoms with Crippen molar-refractivity contribution in [1.29, 1.82) is 0 Å². The first-order chi connectivity index (χ1) is 9.65. The highest BCUT2D eigenvalue weighted by Crippen LogP contribution is 2.11. The molecule has 7 heteroatoms. The first-order valence-electron chi connectivity index (χ1n) is 7.19. The summed E-state index contributed by atoms with van der Waals surface area (Å²) in [6, 6.07) is 0. The third-order valence-electron chi connectivity index (χ3n) is 3.46. The second-order valence-corrected chi connectivity index (χ2v) is 5.60. The summed E-state index contributed by atoms with van der Waals surface area (Å²) in [5.41, 5.74) is 0.396. The van der Waals surface area contributed by atoms with Crippen LogP contribution in [0.4, 0.5) is 0 Å². The van der Waals surface area contributed by atoms with E-state index in [0.717, 1.165) is 26.2 Å². The van der Waals surface area contributed by atoms with E-state index in [1.54, 1.807) is 10.9 Å². The summed E-state index contributed by atoms with van der Waals surface area (Å²) in [5, 5.41) is 14.2. The first-order valence-corrected chi connectivity index (χ1v) is 7.19. The zero-order valence-corrected chi connectivity index (χ0v) is 12.3. The van der Waals surface area contributed by atoms with Gasteiger partial charge in [-0.2, -0.15) is 0 Å². The molecule has 0 radical (unpaired) electrons. The Balaban J connectivity index is 1.80. The van der Waals surface area contributed by atoms with Gasteiger partial charge in [0.15, 0.2) is 5.69 Å². The van der Waals surface area contributed by atoms with Gasteiger partial charge in [-0.3, -0.25) is 9.48 Å². The number of carbonyl (C=O) groups is 1. The number of carbonyl (C=O) groups excluding carboxylic acids is 1. The number of hydrogen-bond acceptors (Lipinski definition) is 5. The van der Waals surface area contributed by atoms with Crippen LogP contribution in [0.15, 0.2) is 6.20 Å². The molecule has 7 nitrogen and oxygen atoms in total. The first kappa shape index (κ1) is 14.9. The monoisotopic (exact) mass is 280 g/mol. The van der Waals surface area contributed by atoms with Gasteiger partial charge in [0, 0.05) is 19.6 Å². The van der Waals surface area contributed by atoms with Gasteiger partial charge in [-0.25, -0.2) is 0 Å². The van der Waals surface area contributed by atoms with E-state index < -0.39 is 0 Å². The number of rotatable bonds is 6. The van der Waals surface area contributed by atoms with E-state index in [9.17, 15) is 4.79 Å². The van der Waals surface area contributed by atoms with Gasteiger partial charge in [-0.05, 0) is 45.9 Å². The average molecular weight is 280 g/mol. The number of hydrogen-bond donors (Lipinski definition) is 2. The molecule has 0 saturated carbocycles. The van der Waals surface area contributed by atoms with Crippen LogP contribution in [0.5, 0.6) is 0 Å². The molecular formula is C13H24N6O. The predicted molar refractivity (Wildman–Crippen MR) is 76.5 cm³/mol. The van der Waals surface area contributed by atoms with E-state index in [1.807, 2.05) is 19.0 Å². The van der Waals surface area contributed by atoms with Crippen LogP contribution in [0, 0.1) is 5.92 Å². The third-order valence-corrected chi connectivity index (χ3v) is 3.46. The van der Waals surface area contributed by atoms with Crippen molar-refractivity contribution < 1.29 is 4.79 Å². The Morgan fingerprint density at radius 1 is 1.60 bits per heavy atom. The van der Waals surface area contributed by atoms with Crippen LogP contribution in [0.1, 0.15) is 23.3 Å². The lowest BCUT2D eigenvalue weighted by Crippen LogP contribution is -2.32. The fourth-order valence-electron chi connectivity index (χ4n) is 2.32. The van der Waals surface area contributed by atoms with Crippen LogP contribution in [0.2, 0.25) is 0 Å². The molecule has 1 amide bonds. The molecule has 112 valence electrons. The number of aromatic nitrogens is 3. The number of likely N-dealkylation sites (N-methyl/N-ethyl adjacent to an activating group) is 1. The molecular weight excluding hydrogens is 256 g/mol. The minimum Gasteiger partial charge on any atom is -0.349 e. The average Bonchev–Trinajstić information content (AvgIpc) is 2.88. The number of nitrogens with zero attached hydrogens (tertiary/aromatic N) is 4. The molecule has 1 aliphatic heterocycles. The minimum absolute atomic E-state index is 0.153. The maximum atomic E-state index is 11.9. The highest BCUT2D eigenvalue weighted by Gasteiger charge is 2.16. The van der Waals surface area contributed by atoms with Gasteiger partial charge in [0.1, 0.15) is 0 Å². The summed E-state index contributed by atoms with van der Waals surface area (Å²) >= 11 is 0. The zero-order chi connectivity index (χ0) is 14.4. The molecule has 1 saturated heterocycles. The van der Waals surface area contributed by atoms with Gasteiger partial charge in [0.25, 0.3) is 5.91 Å². The molecule has 0 aromatic carbocycles. The van der Waals surface area contributed by atoms with Crippen molar-refractivity contribution in [3.8, 4) is 0 Å². The Labute approximate surface area is 119 Å². The van der Waals surface area contributed by atoms with Crippen LogP contribution in [0.25, 0.3) is 0 Å². The molecule has 0 aliphatic carbocycles. The topological polar surface area (TPSA) is 75.1 Å². The maximum Gasteiger partial charge on any atom is 0.273 e. The van der Waals surface area contributed by atoms with Crippen LogP contribution >= 0.6 is 0 Å². The Morgan fingerprint density at radius 3 is 3.15 bits per heavy atom. The lowest BCUT2D eigenvalue weighted by molar-refractivity contribution is 0.0946. The SMILES string of the molecule is CN(C)CCNC(=O)c1cn(C[C@H]2CCCNC2)nn1. The van der Waals surface area contributed by atoms with Crippen molar-refractivity contribution in [2.45, 2.75) is 19.4 Å². The van der Waals surface area contributed by atoms with Crippen LogP contribution in [-0.2, 0) is 6.54 Å². The van der Waals surface area contributed by atoms with Crippen molar-refractivity contribution in [3.05, 3.63) is 11.9 Å². The maximum absolute atomic E-state index is 11.9. The van der Waals surface area contributed by atoms with Crippen molar-refractivity contribution in [2.24, 2.45) is 5.92 Å². The summed E-state index contributed by atoms with van der Waals surface area (Å²) in [4.78, 5) is 13.9. The molecule has 2 heterocycles. The zero-order valence-electron chi connectivity index (χ0n) is 12.3. The van der Waals surface area contributed by atoms with Crippen LogP contribution in [0.3, 0.4) is 0 Å². The Bertz CT molecular complexity index is 424. The van der Waals surface area contributed by atoms with Gasteiger partial charge in [0.2, 0.25) is 0 Å². The second kappa shape index (κ2) is 7.35. The Kier molecular flexibility index (Phi) is 5.49. The summed E-state index contributed by atoms with van der Waals surface area (Å²) in [6.07, 6.45) is 4.15. The summed E-state index contributed by atoms with van der Waals surface area (Å²) in [5.74, 6) is 0.426. The number of amides is 1.